The van der Waals surface area contributed by atoms with Crippen LogP contribution in [0.4, 0.5) is 0 Å². The quantitative estimate of drug-likeness (QED) is 0.880. The average molecular weight is 257 g/mol. The first-order valence-electron chi connectivity index (χ1n) is 7.24. The molecule has 0 aromatic heterocycles. The Morgan fingerprint density at radius 3 is 2.53 bits per heavy atom. The predicted molar refractivity (Wildman–Crippen MR) is 77.7 cm³/mol. The van der Waals surface area contributed by atoms with Gasteiger partial charge in [0.1, 0.15) is 0 Å². The van der Waals surface area contributed by atoms with Gasteiger partial charge in [-0.2, -0.15) is 5.26 Å². The van der Waals surface area contributed by atoms with Crippen molar-refractivity contribution in [3.05, 3.63) is 35.4 Å². The Morgan fingerprint density at radius 1 is 1.26 bits per heavy atom. The smallest absolute Gasteiger partial charge is 0.0991 e. The van der Waals surface area contributed by atoms with Crippen LogP contribution in [0.3, 0.4) is 0 Å². The zero-order chi connectivity index (χ0) is 13.5. The lowest BCUT2D eigenvalue weighted by atomic mass is 9.97. The zero-order valence-corrected chi connectivity index (χ0v) is 11.7. The molecule has 1 aromatic rings. The van der Waals surface area contributed by atoms with Gasteiger partial charge in [0.05, 0.1) is 11.6 Å². The topological polar surface area (TPSA) is 39.1 Å². The predicted octanol–water partition coefficient (Wildman–Crippen LogP) is 2.38. The molecule has 1 aliphatic rings. The third kappa shape index (κ3) is 4.34. The molecule has 2 rings (SSSR count). The Balaban J connectivity index is 1.68. The fourth-order valence-electron chi connectivity index (χ4n) is 2.62. The van der Waals surface area contributed by atoms with E-state index in [0.717, 1.165) is 24.6 Å². The molecule has 19 heavy (non-hydrogen) atoms. The Kier molecular flexibility index (Phi) is 5.38. The maximum Gasteiger partial charge on any atom is 0.0991 e. The number of hydrogen-bond donors (Lipinski definition) is 1. The summed E-state index contributed by atoms with van der Waals surface area (Å²) in [4.78, 5) is 2.52. The van der Waals surface area contributed by atoms with E-state index < -0.39 is 0 Å². The van der Waals surface area contributed by atoms with E-state index in [1.807, 2.05) is 24.3 Å². The summed E-state index contributed by atoms with van der Waals surface area (Å²) in [5, 5.41) is 12.3. The summed E-state index contributed by atoms with van der Waals surface area (Å²) in [5.41, 5.74) is 1.99. The van der Waals surface area contributed by atoms with Gasteiger partial charge in [0, 0.05) is 6.54 Å². The third-order valence-corrected chi connectivity index (χ3v) is 4.00. The third-order valence-electron chi connectivity index (χ3n) is 4.00. The number of nitriles is 1. The van der Waals surface area contributed by atoms with Crippen molar-refractivity contribution in [1.29, 1.82) is 5.26 Å². The molecule has 1 aliphatic heterocycles. The summed E-state index contributed by atoms with van der Waals surface area (Å²) in [5.74, 6) is 0.821. The molecule has 0 aliphatic carbocycles. The SMILES string of the molecule is CCN1CCC(CNCc2ccc(C#N)cc2)CC1. The first kappa shape index (κ1) is 14.0. The Morgan fingerprint density at radius 2 is 1.95 bits per heavy atom. The van der Waals surface area contributed by atoms with Crippen molar-refractivity contribution in [3.63, 3.8) is 0 Å². The number of likely N-dealkylation sites (tertiary alicyclic amines) is 1. The minimum Gasteiger partial charge on any atom is -0.312 e. The van der Waals surface area contributed by atoms with E-state index >= 15 is 0 Å². The number of nitrogens with one attached hydrogen (secondary N) is 1. The number of piperidine rings is 1. The number of benzene rings is 1. The molecule has 0 atom stereocenters. The molecule has 0 spiro atoms. The van der Waals surface area contributed by atoms with Crippen LogP contribution in [-0.2, 0) is 6.54 Å². The van der Waals surface area contributed by atoms with Crippen LogP contribution in [0.1, 0.15) is 30.9 Å². The molecule has 0 saturated carbocycles. The van der Waals surface area contributed by atoms with Gasteiger partial charge in [-0.25, -0.2) is 0 Å². The Labute approximate surface area is 116 Å². The molecule has 0 unspecified atom stereocenters. The summed E-state index contributed by atoms with van der Waals surface area (Å²) >= 11 is 0. The highest BCUT2D eigenvalue weighted by molar-refractivity contribution is 5.31. The zero-order valence-electron chi connectivity index (χ0n) is 11.7. The number of hydrogen-bond acceptors (Lipinski definition) is 3. The van der Waals surface area contributed by atoms with Gasteiger partial charge in [0.15, 0.2) is 0 Å². The Hall–Kier alpha value is -1.37. The summed E-state index contributed by atoms with van der Waals surface area (Å²) in [7, 11) is 0. The van der Waals surface area contributed by atoms with E-state index in [0.29, 0.717) is 0 Å². The van der Waals surface area contributed by atoms with Crippen LogP contribution in [0, 0.1) is 17.2 Å². The lowest BCUT2D eigenvalue weighted by Crippen LogP contribution is -2.36. The molecular formula is C16H23N3. The van der Waals surface area contributed by atoms with E-state index in [2.05, 4.69) is 23.2 Å². The highest BCUT2D eigenvalue weighted by Gasteiger charge is 2.17. The molecule has 102 valence electrons. The second kappa shape index (κ2) is 7.28. The molecule has 0 radical (unpaired) electrons. The first-order valence-corrected chi connectivity index (χ1v) is 7.24. The molecule has 3 nitrogen and oxygen atoms in total. The van der Waals surface area contributed by atoms with Gasteiger partial charge in [-0.15, -0.1) is 0 Å². The van der Waals surface area contributed by atoms with Gasteiger partial charge in [-0.3, -0.25) is 0 Å². The van der Waals surface area contributed by atoms with Crippen molar-refractivity contribution < 1.29 is 0 Å². The van der Waals surface area contributed by atoms with Crippen molar-refractivity contribution in [2.24, 2.45) is 5.92 Å². The molecule has 1 aromatic carbocycles. The van der Waals surface area contributed by atoms with E-state index in [1.54, 1.807) is 0 Å². The highest BCUT2D eigenvalue weighted by atomic mass is 15.1. The molecule has 0 bridgehead atoms. The van der Waals surface area contributed by atoms with Gasteiger partial charge in [-0.05, 0) is 62.6 Å². The van der Waals surface area contributed by atoms with Gasteiger partial charge in [0.2, 0.25) is 0 Å². The molecular weight excluding hydrogens is 234 g/mol. The lowest BCUT2D eigenvalue weighted by molar-refractivity contribution is 0.190. The van der Waals surface area contributed by atoms with Crippen LogP contribution in [0.25, 0.3) is 0 Å². The summed E-state index contributed by atoms with van der Waals surface area (Å²) < 4.78 is 0. The van der Waals surface area contributed by atoms with Crippen LogP contribution < -0.4 is 5.32 Å². The largest absolute Gasteiger partial charge is 0.312 e. The van der Waals surface area contributed by atoms with Gasteiger partial charge in [0.25, 0.3) is 0 Å². The highest BCUT2D eigenvalue weighted by Crippen LogP contribution is 2.16. The van der Waals surface area contributed by atoms with Crippen molar-refractivity contribution >= 4 is 0 Å². The van der Waals surface area contributed by atoms with Crippen LogP contribution in [0.2, 0.25) is 0 Å². The molecule has 1 fully saturated rings. The van der Waals surface area contributed by atoms with Gasteiger partial charge in [-0.1, -0.05) is 19.1 Å². The molecule has 0 amide bonds. The van der Waals surface area contributed by atoms with Crippen LogP contribution in [-0.4, -0.2) is 31.1 Å². The summed E-state index contributed by atoms with van der Waals surface area (Å²) in [6, 6.07) is 9.98. The van der Waals surface area contributed by atoms with Gasteiger partial charge < -0.3 is 10.2 Å². The monoisotopic (exact) mass is 257 g/mol. The minimum atomic E-state index is 0.732. The second-order valence-corrected chi connectivity index (χ2v) is 5.32. The van der Waals surface area contributed by atoms with E-state index in [4.69, 9.17) is 5.26 Å². The molecule has 3 heteroatoms. The number of nitrogens with zero attached hydrogens (tertiary/aromatic N) is 2. The van der Waals surface area contributed by atoms with Gasteiger partial charge >= 0.3 is 0 Å². The average Bonchev–Trinajstić information content (AvgIpc) is 2.49. The van der Waals surface area contributed by atoms with Crippen LogP contribution in [0.5, 0.6) is 0 Å². The molecule has 1 heterocycles. The maximum atomic E-state index is 8.75. The van der Waals surface area contributed by atoms with Crippen molar-refractivity contribution in [2.75, 3.05) is 26.2 Å². The fraction of sp³-hybridized carbons (Fsp3) is 0.562. The van der Waals surface area contributed by atoms with Crippen molar-refractivity contribution in [1.82, 2.24) is 10.2 Å². The minimum absolute atomic E-state index is 0.732. The molecule has 1 N–H and O–H groups in total. The maximum absolute atomic E-state index is 8.75. The van der Waals surface area contributed by atoms with Crippen molar-refractivity contribution in [3.8, 4) is 6.07 Å². The first-order chi connectivity index (χ1) is 9.31. The summed E-state index contributed by atoms with van der Waals surface area (Å²) in [6.07, 6.45) is 2.63. The molecule has 1 saturated heterocycles. The number of rotatable bonds is 5. The second-order valence-electron chi connectivity index (χ2n) is 5.32. The van der Waals surface area contributed by atoms with E-state index in [9.17, 15) is 0 Å². The van der Waals surface area contributed by atoms with Crippen molar-refractivity contribution in [2.45, 2.75) is 26.3 Å². The fourth-order valence-corrected chi connectivity index (χ4v) is 2.62. The van der Waals surface area contributed by atoms with Crippen LogP contribution >= 0.6 is 0 Å². The van der Waals surface area contributed by atoms with E-state index in [1.165, 1.54) is 38.0 Å². The standard InChI is InChI=1S/C16H23N3/c1-2-19-9-7-16(8-10-19)13-18-12-15-5-3-14(11-17)4-6-15/h3-6,16,18H,2,7-10,12-13H2,1H3. The van der Waals surface area contributed by atoms with E-state index in [-0.39, 0.29) is 0 Å². The van der Waals surface area contributed by atoms with Crippen LogP contribution in [0.15, 0.2) is 24.3 Å². The summed E-state index contributed by atoms with van der Waals surface area (Å²) in [6.45, 7) is 7.94. The normalized spacial score (nSPS) is 17.3. The Bertz CT molecular complexity index is 411. The lowest BCUT2D eigenvalue weighted by Gasteiger charge is -2.31.